The van der Waals surface area contributed by atoms with Gasteiger partial charge in [0.05, 0.1) is 37.5 Å². The second-order valence-electron chi connectivity index (χ2n) is 29.2. The number of aliphatic hydroxyl groups is 1. The zero-order valence-electron chi connectivity index (χ0n) is 67.6. The van der Waals surface area contributed by atoms with Crippen LogP contribution in [0.5, 0.6) is 5.75 Å². The van der Waals surface area contributed by atoms with Gasteiger partial charge < -0.3 is 133 Å². The molecule has 0 fully saturated rings. The Balaban J connectivity index is 1.31. The van der Waals surface area contributed by atoms with Crippen molar-refractivity contribution in [2.75, 3.05) is 18.9 Å². The zero-order chi connectivity index (χ0) is 91.3. The first-order valence-corrected chi connectivity index (χ1v) is 39.4. The molecule has 5 aromatic rings. The van der Waals surface area contributed by atoms with E-state index in [1.807, 2.05) is 0 Å². The Morgan fingerprint density at radius 1 is 0.455 bits per heavy atom. The summed E-state index contributed by atoms with van der Waals surface area (Å²) in [6.45, 7) is 4.46. The molecule has 0 radical (unpaired) electrons. The number of thiol groups is 1. The second-order valence-corrected chi connectivity index (χ2v) is 29.6. The number of fused-ring (bicyclic) bond motifs is 1. The van der Waals surface area contributed by atoms with Crippen molar-refractivity contribution >= 4 is 136 Å². The molecule has 31 N–H and O–H groups in total. The molecule has 0 spiro atoms. The number of aromatic amines is 2. The van der Waals surface area contributed by atoms with E-state index in [0.717, 1.165) is 6.92 Å². The Bertz CT molecular complexity index is 4560. The van der Waals surface area contributed by atoms with Gasteiger partial charge in [-0.2, -0.15) is 12.6 Å². The van der Waals surface area contributed by atoms with E-state index in [9.17, 15) is 107 Å². The van der Waals surface area contributed by atoms with Crippen LogP contribution in [-0.4, -0.2) is 251 Å². The molecule has 0 saturated heterocycles. The third-order valence-electron chi connectivity index (χ3n) is 18.7. The topological polar surface area (TPSA) is 755 Å². The number of aliphatic hydroxyl groups excluding tert-OH is 1. The molecule has 45 nitrogen and oxygen atoms in total. The number of phenolic OH excluding ortho intramolecular Hbond substituents is 1. The van der Waals surface area contributed by atoms with E-state index in [1.165, 1.54) is 37.8 Å². The van der Waals surface area contributed by atoms with Gasteiger partial charge in [0, 0.05) is 67.7 Å². The van der Waals surface area contributed by atoms with Gasteiger partial charge in [-0.25, -0.2) is 9.78 Å². The molecule has 46 heteroatoms. The van der Waals surface area contributed by atoms with Crippen molar-refractivity contribution in [2.45, 2.75) is 196 Å². The molecule has 16 amide bonds. The Morgan fingerprint density at radius 3 is 1.44 bits per heavy atom. The number of amides is 16. The van der Waals surface area contributed by atoms with E-state index in [0.29, 0.717) is 27.6 Å². The van der Waals surface area contributed by atoms with Gasteiger partial charge in [-0.05, 0) is 93.2 Å². The van der Waals surface area contributed by atoms with Gasteiger partial charge in [-0.3, -0.25) is 86.9 Å². The molecule has 0 aliphatic carbocycles. The molecule has 0 aliphatic heterocycles. The van der Waals surface area contributed by atoms with Crippen LogP contribution in [-0.2, 0) is 112 Å². The number of nitrogens with two attached hydrogens (primary N) is 5. The number of carbonyl (C=O) groups is 18. The summed E-state index contributed by atoms with van der Waals surface area (Å²) in [7, 11) is 0. The van der Waals surface area contributed by atoms with E-state index in [2.05, 4.69) is 102 Å². The van der Waals surface area contributed by atoms with Crippen LogP contribution in [0.2, 0.25) is 0 Å². The highest BCUT2D eigenvalue weighted by Gasteiger charge is 2.39. The number of phenols is 1. The Morgan fingerprint density at radius 2 is 0.894 bits per heavy atom. The molecule has 5 rings (SSSR count). The molecule has 0 bridgehead atoms. The van der Waals surface area contributed by atoms with Crippen molar-refractivity contribution in [2.24, 2.45) is 34.6 Å². The molecular weight excluding hydrogens is 1630 g/mol. The highest BCUT2D eigenvalue weighted by molar-refractivity contribution is 7.80. The number of imidazole rings is 1. The number of aromatic nitrogens is 3. The van der Waals surface area contributed by atoms with Crippen LogP contribution in [0, 0.1) is 11.3 Å². The van der Waals surface area contributed by atoms with Crippen molar-refractivity contribution in [1.82, 2.24) is 89.4 Å². The molecule has 668 valence electrons. The largest absolute Gasteiger partial charge is 0.508 e. The van der Waals surface area contributed by atoms with Crippen LogP contribution in [0.1, 0.15) is 108 Å². The number of guanidine groups is 1. The number of aliphatic carboxylic acids is 2. The lowest BCUT2D eigenvalue weighted by Crippen LogP contribution is -2.61. The molecule has 0 unspecified atom stereocenters. The van der Waals surface area contributed by atoms with E-state index in [1.54, 1.807) is 80.6 Å². The standard InChI is InChI=1S/C77H107N23O22S/c1-37(2)25-51(69(114)88-38(3)63(108)90-49(20-22-59(79)103)68(113)100-58(35-123)75(120)95-52(27-40-11-6-5-7-12-40)71(116)98-56(76(121)122)31-61(81)105)94-73(118)55(30-60(80)104)97-67(112)50(21-23-62(106)107)92-74(119)57(34-101)99-72(117)53(28-42-32-86-47-14-9-8-13-45(42)47)93-64(109)39(4)89-70(115)54(29-43-33-84-36-87-43)96-66(111)48(15-10-24-85-77(82)83)91-65(110)46(78)26-41-16-18-44(102)19-17-41/h5-9,11-14,16-19,32-33,36-39,46,48-58,86,101-102,123H,10,15,20-31,34-35,78H2,1-4H3,(H2,79,103)(H2,80,104)(H2,81,105)(H,84,87)(H,88,114)(H,89,115)(H,90,108)(H,91,110)(H,92,119)(H,93,109)(H,94,118)(H,95,120)(H,96,111)(H,97,112)(H,98,116)(H,99,117)(H,100,113)(H,106,107)(H,121,122)(H4,82,83,85)/t38-,39-,46-,48-,49-,50-,51-,52-,53-,54-,55-,56-,57-,58-/m0/s1. The molecule has 2 aromatic heterocycles. The summed E-state index contributed by atoms with van der Waals surface area (Å²) in [5.41, 5.74) is 30.1. The molecule has 2 heterocycles. The predicted octanol–water partition coefficient (Wildman–Crippen LogP) is -7.27. The van der Waals surface area contributed by atoms with E-state index in [4.69, 9.17) is 34.1 Å². The van der Waals surface area contributed by atoms with Gasteiger partial charge in [0.1, 0.15) is 84.3 Å². The normalized spacial score (nSPS) is 14.5. The molecule has 0 aliphatic rings. The highest BCUT2D eigenvalue weighted by atomic mass is 32.1. The van der Waals surface area contributed by atoms with Gasteiger partial charge in [0.25, 0.3) is 0 Å². The fourth-order valence-corrected chi connectivity index (χ4v) is 12.4. The van der Waals surface area contributed by atoms with Crippen LogP contribution in [0.25, 0.3) is 10.9 Å². The van der Waals surface area contributed by atoms with Crippen LogP contribution < -0.4 is 103 Å². The maximum Gasteiger partial charge on any atom is 0.326 e. The van der Waals surface area contributed by atoms with Crippen molar-refractivity contribution < 1.29 is 107 Å². The Labute approximate surface area is 709 Å². The number of nitrogens with one attached hydrogen (secondary N) is 17. The number of rotatable bonds is 53. The zero-order valence-corrected chi connectivity index (χ0v) is 68.5. The van der Waals surface area contributed by atoms with Crippen molar-refractivity contribution in [3.8, 4) is 5.75 Å². The summed E-state index contributed by atoms with van der Waals surface area (Å²) in [5.74, 6) is -21.9. The third kappa shape index (κ3) is 34.5. The first-order chi connectivity index (χ1) is 58.1. The van der Waals surface area contributed by atoms with E-state index in [-0.39, 0.29) is 68.9 Å². The van der Waals surface area contributed by atoms with Crippen molar-refractivity contribution in [3.63, 3.8) is 0 Å². The summed E-state index contributed by atoms with van der Waals surface area (Å²) in [6.07, 6.45) is -1.29. The number of H-pyrrole nitrogens is 2. The Kier molecular flexibility index (Phi) is 40.3. The number of primary amides is 3. The van der Waals surface area contributed by atoms with Crippen molar-refractivity contribution in [3.05, 3.63) is 120 Å². The summed E-state index contributed by atoms with van der Waals surface area (Å²) >= 11 is 4.18. The predicted molar refractivity (Wildman–Crippen MR) is 441 cm³/mol. The molecule has 123 heavy (non-hydrogen) atoms. The number of carbonyl (C=O) groups excluding carboxylic acids is 16. The fourth-order valence-electron chi connectivity index (χ4n) is 12.2. The molecular formula is C77H107N23O22S. The van der Waals surface area contributed by atoms with Gasteiger partial charge in [0.2, 0.25) is 94.5 Å². The number of hydrogen-bond acceptors (Lipinski definition) is 24. The maximum absolute atomic E-state index is 14.6. The van der Waals surface area contributed by atoms with Crippen LogP contribution in [0.3, 0.4) is 0 Å². The Hall–Kier alpha value is -13.8. The monoisotopic (exact) mass is 1740 g/mol. The average molecular weight is 1740 g/mol. The lowest BCUT2D eigenvalue weighted by atomic mass is 10.0. The first-order valence-electron chi connectivity index (χ1n) is 38.8. The number of carboxylic acid groups (broad SMARTS) is 2. The maximum atomic E-state index is 14.6. The SMILES string of the molecule is CC(C)C[C@H](NC(=O)[C@H](CC(N)=O)NC(=O)[C@H](CCC(=O)O)NC(=O)[C@H](CO)NC(=O)[C@H](Cc1c[nH]c2ccccc12)NC(=O)[C@H](C)NC(=O)[C@H](Cc1c[nH]cn1)NC(=O)[C@H](CCCNC(=N)N)NC(=O)[C@@H](N)Cc1ccc(O)cc1)C(=O)N[C@@H](C)C(=O)N[C@@H](CCC(N)=O)C(=O)N[C@@H](CS)C(=O)N[C@@H](Cc1ccccc1)C(=O)N[C@@H](CC(N)=O)C(=O)O. The molecule has 0 saturated carbocycles. The smallest absolute Gasteiger partial charge is 0.326 e. The van der Waals surface area contributed by atoms with E-state index < -0.39 is 248 Å². The number of benzene rings is 3. The summed E-state index contributed by atoms with van der Waals surface area (Å²) in [6, 6.07) is -2.48. The quantitative estimate of drug-likeness (QED) is 0.00744. The number of aromatic hydroxyl groups is 1. The van der Waals surface area contributed by atoms with Crippen LogP contribution in [0.4, 0.5) is 0 Å². The summed E-state index contributed by atoms with van der Waals surface area (Å²) < 4.78 is 0. The minimum absolute atomic E-state index is 0.00787. The lowest BCUT2D eigenvalue weighted by molar-refractivity contribution is -0.143. The summed E-state index contributed by atoms with van der Waals surface area (Å²) in [5, 5.41) is 81.7. The van der Waals surface area contributed by atoms with Gasteiger partial charge in [-0.15, -0.1) is 0 Å². The van der Waals surface area contributed by atoms with E-state index >= 15 is 0 Å². The van der Waals surface area contributed by atoms with Crippen LogP contribution >= 0.6 is 12.6 Å². The van der Waals surface area contributed by atoms with Gasteiger partial charge in [-0.1, -0.05) is 74.5 Å². The minimum atomic E-state index is -2.03. The minimum Gasteiger partial charge on any atom is -0.508 e. The molecule has 3 aromatic carbocycles. The van der Waals surface area contributed by atoms with Crippen LogP contribution in [0.15, 0.2) is 97.6 Å². The fraction of sp³-hybridized carbons (Fsp3) is 0.455. The highest BCUT2D eigenvalue weighted by Crippen LogP contribution is 2.21. The number of hydrogen-bond donors (Lipinski definition) is 27. The third-order valence-corrected chi connectivity index (χ3v) is 19.1. The number of carboxylic acids is 2. The first kappa shape index (κ1) is 99.8. The van der Waals surface area contributed by atoms with Crippen molar-refractivity contribution in [1.29, 1.82) is 5.41 Å². The summed E-state index contributed by atoms with van der Waals surface area (Å²) in [4.78, 5) is 254. The van der Waals surface area contributed by atoms with Gasteiger partial charge >= 0.3 is 11.9 Å². The second kappa shape index (κ2) is 49.7. The van der Waals surface area contributed by atoms with Gasteiger partial charge in [0.15, 0.2) is 5.96 Å². The number of para-hydroxylation sites is 1. The number of nitrogens with zero attached hydrogens (tertiary/aromatic N) is 1. The molecule has 14 atom stereocenters. The average Bonchev–Trinajstić information content (AvgIpc) is 1.69. The lowest BCUT2D eigenvalue weighted by Gasteiger charge is -2.28.